The van der Waals surface area contributed by atoms with Crippen molar-refractivity contribution in [2.24, 2.45) is 0 Å². The van der Waals surface area contributed by atoms with Crippen LogP contribution in [-0.4, -0.2) is 24.1 Å². The Balaban J connectivity index is 2.37. The van der Waals surface area contributed by atoms with Gasteiger partial charge in [-0.3, -0.25) is 0 Å². The highest BCUT2D eigenvalue weighted by Crippen LogP contribution is 2.34. The zero-order valence-corrected chi connectivity index (χ0v) is 12.2. The number of nitrogens with one attached hydrogen (secondary N) is 2. The van der Waals surface area contributed by atoms with Crippen LogP contribution in [0.4, 0.5) is 30.6 Å². The Morgan fingerprint density at radius 2 is 1.95 bits per heavy atom. The van der Waals surface area contributed by atoms with Crippen molar-refractivity contribution >= 4 is 17.5 Å². The zero-order chi connectivity index (χ0) is 16.3. The van der Waals surface area contributed by atoms with E-state index in [9.17, 15) is 13.2 Å². The van der Waals surface area contributed by atoms with E-state index in [2.05, 4.69) is 20.6 Å². The zero-order valence-electron chi connectivity index (χ0n) is 12.2. The average Bonchev–Trinajstić information content (AvgIpc) is 2.46. The Hall–Kier alpha value is -2.51. The van der Waals surface area contributed by atoms with Crippen molar-refractivity contribution in [3.8, 4) is 5.75 Å². The molecule has 1 aromatic carbocycles. The van der Waals surface area contributed by atoms with E-state index in [-0.39, 0.29) is 11.8 Å². The predicted molar refractivity (Wildman–Crippen MR) is 77.6 cm³/mol. The van der Waals surface area contributed by atoms with Crippen LogP contribution in [0.2, 0.25) is 0 Å². The molecule has 0 atom stereocenters. The van der Waals surface area contributed by atoms with Gasteiger partial charge >= 0.3 is 6.18 Å². The lowest BCUT2D eigenvalue weighted by molar-refractivity contribution is -0.137. The van der Waals surface area contributed by atoms with Crippen molar-refractivity contribution in [3.63, 3.8) is 0 Å². The molecule has 1 heterocycles. The number of aryl methyl sites for hydroxylation is 1. The van der Waals surface area contributed by atoms with E-state index < -0.39 is 11.7 Å². The summed E-state index contributed by atoms with van der Waals surface area (Å²) in [7, 11) is 2.87. The Morgan fingerprint density at radius 1 is 1.23 bits per heavy atom. The molecule has 2 aromatic rings. The molecule has 8 heteroatoms. The summed E-state index contributed by atoms with van der Waals surface area (Å²) in [5.41, 5.74) is 0.616. The van der Waals surface area contributed by atoms with E-state index in [1.165, 1.54) is 14.2 Å². The smallest absolute Gasteiger partial charge is 0.421 e. The molecule has 22 heavy (non-hydrogen) atoms. The SMILES string of the molecule is CNc1nc(Nc2cc(C)ccc2OC)ncc1C(F)(F)F. The molecule has 0 saturated carbocycles. The van der Waals surface area contributed by atoms with Gasteiger partial charge in [-0.2, -0.15) is 18.2 Å². The number of methoxy groups -OCH3 is 1. The van der Waals surface area contributed by atoms with Crippen LogP contribution in [0.1, 0.15) is 11.1 Å². The largest absolute Gasteiger partial charge is 0.495 e. The van der Waals surface area contributed by atoms with E-state index in [0.29, 0.717) is 11.4 Å². The second kappa shape index (κ2) is 6.08. The number of ether oxygens (including phenoxy) is 1. The molecule has 0 saturated heterocycles. The summed E-state index contributed by atoms with van der Waals surface area (Å²) in [6.07, 6.45) is -3.78. The maximum Gasteiger partial charge on any atom is 0.421 e. The third-order valence-corrected chi connectivity index (χ3v) is 2.93. The summed E-state index contributed by atoms with van der Waals surface area (Å²) >= 11 is 0. The van der Waals surface area contributed by atoms with Gasteiger partial charge < -0.3 is 15.4 Å². The van der Waals surface area contributed by atoms with Gasteiger partial charge in [-0.15, -0.1) is 0 Å². The minimum atomic E-state index is -4.52. The topological polar surface area (TPSA) is 59.1 Å². The lowest BCUT2D eigenvalue weighted by Gasteiger charge is -2.14. The standard InChI is InChI=1S/C14H15F3N4O/c1-8-4-5-11(22-3)10(6-8)20-13-19-7-9(14(15,16)17)12(18-2)21-13/h4-7H,1-3H3,(H2,18,19,20,21). The maximum absolute atomic E-state index is 12.8. The minimum absolute atomic E-state index is 0.0428. The van der Waals surface area contributed by atoms with Crippen molar-refractivity contribution in [2.75, 3.05) is 24.8 Å². The second-order valence-electron chi connectivity index (χ2n) is 4.53. The summed E-state index contributed by atoms with van der Waals surface area (Å²) in [4.78, 5) is 7.57. The molecule has 118 valence electrons. The van der Waals surface area contributed by atoms with Gasteiger partial charge in [0.2, 0.25) is 5.95 Å². The van der Waals surface area contributed by atoms with Crippen LogP contribution in [0.3, 0.4) is 0 Å². The van der Waals surface area contributed by atoms with Gasteiger partial charge in [0.05, 0.1) is 12.8 Å². The summed E-state index contributed by atoms with van der Waals surface area (Å²) in [5.74, 6) is 0.290. The van der Waals surface area contributed by atoms with Gasteiger partial charge in [-0.05, 0) is 24.6 Å². The van der Waals surface area contributed by atoms with Gasteiger partial charge in [0, 0.05) is 13.2 Å². The molecule has 2 N–H and O–H groups in total. The van der Waals surface area contributed by atoms with Crippen LogP contribution < -0.4 is 15.4 Å². The van der Waals surface area contributed by atoms with Crippen LogP contribution >= 0.6 is 0 Å². The maximum atomic E-state index is 12.8. The fourth-order valence-electron chi connectivity index (χ4n) is 1.88. The molecule has 0 aliphatic heterocycles. The Labute approximate surface area is 125 Å². The van der Waals surface area contributed by atoms with Gasteiger partial charge in [-0.1, -0.05) is 6.07 Å². The Bertz CT molecular complexity index is 674. The molecule has 0 spiro atoms. The number of hydrogen-bond donors (Lipinski definition) is 2. The molecule has 0 bridgehead atoms. The molecule has 0 unspecified atom stereocenters. The van der Waals surface area contributed by atoms with E-state index in [4.69, 9.17) is 4.74 Å². The quantitative estimate of drug-likeness (QED) is 0.903. The first-order valence-electron chi connectivity index (χ1n) is 6.39. The number of benzene rings is 1. The normalized spacial score (nSPS) is 11.2. The van der Waals surface area contributed by atoms with Gasteiger partial charge in [0.15, 0.2) is 0 Å². The first kappa shape index (κ1) is 15.9. The highest BCUT2D eigenvalue weighted by Gasteiger charge is 2.35. The van der Waals surface area contributed by atoms with Crippen LogP contribution in [-0.2, 0) is 6.18 Å². The molecule has 1 aromatic heterocycles. The lowest BCUT2D eigenvalue weighted by atomic mass is 10.2. The first-order chi connectivity index (χ1) is 10.3. The van der Waals surface area contributed by atoms with Gasteiger partial charge in [0.25, 0.3) is 0 Å². The number of hydrogen-bond acceptors (Lipinski definition) is 5. The molecule has 0 radical (unpaired) electrons. The summed E-state index contributed by atoms with van der Waals surface area (Å²) < 4.78 is 43.6. The van der Waals surface area contributed by atoms with E-state index in [1.807, 2.05) is 13.0 Å². The lowest BCUT2D eigenvalue weighted by Crippen LogP contribution is -2.12. The van der Waals surface area contributed by atoms with Crippen molar-refractivity contribution in [1.82, 2.24) is 9.97 Å². The molecule has 0 aliphatic carbocycles. The van der Waals surface area contributed by atoms with Crippen LogP contribution in [0.5, 0.6) is 5.75 Å². The molecular weight excluding hydrogens is 297 g/mol. The molecular formula is C14H15F3N4O. The second-order valence-corrected chi connectivity index (χ2v) is 4.53. The average molecular weight is 312 g/mol. The summed E-state index contributed by atoms with van der Waals surface area (Å²) in [5, 5.41) is 5.29. The summed E-state index contributed by atoms with van der Waals surface area (Å²) in [6.45, 7) is 1.89. The van der Waals surface area contributed by atoms with Crippen molar-refractivity contribution in [3.05, 3.63) is 35.5 Å². The number of nitrogens with zero attached hydrogens (tertiary/aromatic N) is 2. The first-order valence-corrected chi connectivity index (χ1v) is 6.39. The number of halogens is 3. The minimum Gasteiger partial charge on any atom is -0.495 e. The molecule has 0 amide bonds. The van der Waals surface area contributed by atoms with Crippen LogP contribution in [0.15, 0.2) is 24.4 Å². The number of anilines is 3. The fourth-order valence-corrected chi connectivity index (χ4v) is 1.88. The Kier molecular flexibility index (Phi) is 4.39. The van der Waals surface area contributed by atoms with Crippen molar-refractivity contribution < 1.29 is 17.9 Å². The third-order valence-electron chi connectivity index (χ3n) is 2.93. The number of aromatic nitrogens is 2. The van der Waals surface area contributed by atoms with Crippen molar-refractivity contribution in [1.29, 1.82) is 0 Å². The molecule has 0 fully saturated rings. The van der Waals surface area contributed by atoms with Crippen LogP contribution in [0.25, 0.3) is 0 Å². The van der Waals surface area contributed by atoms with Crippen LogP contribution in [0, 0.1) is 6.92 Å². The third kappa shape index (κ3) is 3.38. The monoisotopic (exact) mass is 312 g/mol. The molecule has 0 aliphatic rings. The van der Waals surface area contributed by atoms with E-state index in [1.54, 1.807) is 12.1 Å². The van der Waals surface area contributed by atoms with Gasteiger partial charge in [-0.25, -0.2) is 4.98 Å². The highest BCUT2D eigenvalue weighted by molar-refractivity contribution is 5.64. The number of rotatable bonds is 4. The van der Waals surface area contributed by atoms with Crippen molar-refractivity contribution in [2.45, 2.75) is 13.1 Å². The van der Waals surface area contributed by atoms with E-state index >= 15 is 0 Å². The highest BCUT2D eigenvalue weighted by atomic mass is 19.4. The predicted octanol–water partition coefficient (Wildman–Crippen LogP) is 3.60. The molecule has 5 nitrogen and oxygen atoms in total. The fraction of sp³-hybridized carbons (Fsp3) is 0.286. The summed E-state index contributed by atoms with van der Waals surface area (Å²) in [6, 6.07) is 5.40. The van der Waals surface area contributed by atoms with E-state index in [0.717, 1.165) is 11.8 Å². The Morgan fingerprint density at radius 3 is 2.55 bits per heavy atom. The number of alkyl halides is 3. The van der Waals surface area contributed by atoms with Gasteiger partial charge in [0.1, 0.15) is 17.1 Å². The molecule has 2 rings (SSSR count).